The highest BCUT2D eigenvalue weighted by molar-refractivity contribution is 7.99. The van der Waals surface area contributed by atoms with Crippen LogP contribution in [0.1, 0.15) is 49.3 Å². The molecule has 20 heavy (non-hydrogen) atoms. The lowest BCUT2D eigenvalue weighted by molar-refractivity contribution is 0.279. The first-order valence-electron chi connectivity index (χ1n) is 7.80. The van der Waals surface area contributed by atoms with Gasteiger partial charge in [0, 0.05) is 42.6 Å². The zero-order chi connectivity index (χ0) is 13.5. The van der Waals surface area contributed by atoms with E-state index in [1.54, 1.807) is 0 Å². The van der Waals surface area contributed by atoms with E-state index < -0.39 is 0 Å². The molecule has 3 aliphatic rings. The summed E-state index contributed by atoms with van der Waals surface area (Å²) in [4.78, 5) is 2.52. The van der Waals surface area contributed by atoms with Crippen molar-refractivity contribution in [2.75, 3.05) is 24.6 Å². The van der Waals surface area contributed by atoms with Gasteiger partial charge in [0.15, 0.2) is 0 Å². The third kappa shape index (κ3) is 2.49. The minimum absolute atomic E-state index is 0.381. The van der Waals surface area contributed by atoms with Crippen LogP contribution in [0.15, 0.2) is 0 Å². The Morgan fingerprint density at radius 2 is 1.90 bits per heavy atom. The second kappa shape index (κ2) is 5.31. The largest absolute Gasteiger partial charge is 0.328 e. The van der Waals surface area contributed by atoms with Gasteiger partial charge in [-0.2, -0.15) is 11.8 Å². The molecule has 2 saturated carbocycles. The maximum Gasteiger partial charge on any atom is 0.147 e. The number of nitrogens with two attached hydrogens (primary N) is 1. The van der Waals surface area contributed by atoms with E-state index >= 15 is 0 Å². The summed E-state index contributed by atoms with van der Waals surface area (Å²) in [5.74, 6) is 5.47. The third-order valence-corrected chi connectivity index (χ3v) is 5.66. The van der Waals surface area contributed by atoms with Crippen LogP contribution in [-0.2, 0) is 6.54 Å². The minimum atomic E-state index is 0.381. The van der Waals surface area contributed by atoms with Crippen molar-refractivity contribution in [1.82, 2.24) is 19.7 Å². The molecule has 6 heteroatoms. The van der Waals surface area contributed by atoms with Gasteiger partial charge in [-0.3, -0.25) is 4.90 Å². The van der Waals surface area contributed by atoms with Gasteiger partial charge < -0.3 is 10.3 Å². The van der Waals surface area contributed by atoms with Gasteiger partial charge in [0.1, 0.15) is 11.6 Å². The Morgan fingerprint density at radius 1 is 1.15 bits per heavy atom. The lowest BCUT2D eigenvalue weighted by atomic mass is 9.80. The number of hydrogen-bond acceptors (Lipinski definition) is 5. The van der Waals surface area contributed by atoms with Gasteiger partial charge in [-0.1, -0.05) is 0 Å². The zero-order valence-electron chi connectivity index (χ0n) is 11.9. The van der Waals surface area contributed by atoms with Gasteiger partial charge in [-0.25, -0.2) is 0 Å². The van der Waals surface area contributed by atoms with Crippen molar-refractivity contribution in [2.24, 2.45) is 5.73 Å². The minimum Gasteiger partial charge on any atom is -0.328 e. The van der Waals surface area contributed by atoms with Crippen molar-refractivity contribution in [3.8, 4) is 0 Å². The quantitative estimate of drug-likeness (QED) is 0.908. The first-order valence-corrected chi connectivity index (χ1v) is 8.96. The highest BCUT2D eigenvalue weighted by Gasteiger charge is 2.37. The molecule has 0 bridgehead atoms. The van der Waals surface area contributed by atoms with Crippen LogP contribution < -0.4 is 5.73 Å². The van der Waals surface area contributed by atoms with Crippen LogP contribution in [0.2, 0.25) is 0 Å². The van der Waals surface area contributed by atoms with Crippen LogP contribution in [0, 0.1) is 0 Å². The fourth-order valence-electron chi connectivity index (χ4n) is 3.29. The predicted octanol–water partition coefficient (Wildman–Crippen LogP) is 1.37. The summed E-state index contributed by atoms with van der Waals surface area (Å²) < 4.78 is 2.46. The van der Waals surface area contributed by atoms with Gasteiger partial charge in [-0.15, -0.1) is 10.2 Å². The number of hydrogen-bond donors (Lipinski definition) is 1. The smallest absolute Gasteiger partial charge is 0.147 e. The van der Waals surface area contributed by atoms with Crippen molar-refractivity contribution in [1.29, 1.82) is 0 Å². The van der Waals surface area contributed by atoms with Crippen LogP contribution in [0.3, 0.4) is 0 Å². The summed E-state index contributed by atoms with van der Waals surface area (Å²) in [6.07, 6.45) is 4.77. The van der Waals surface area contributed by atoms with Gasteiger partial charge in [-0.05, 0) is 25.7 Å². The molecule has 0 atom stereocenters. The van der Waals surface area contributed by atoms with Crippen LogP contribution in [0.5, 0.6) is 0 Å². The van der Waals surface area contributed by atoms with Crippen LogP contribution in [0.25, 0.3) is 0 Å². The maximum atomic E-state index is 5.94. The SMILES string of the molecule is NC1CC(c2nnc(CN3CCSCC3)n2C2CC2)C1. The fourth-order valence-corrected chi connectivity index (χ4v) is 4.26. The molecule has 1 aromatic heterocycles. The van der Waals surface area contributed by atoms with E-state index in [0.717, 1.165) is 19.4 Å². The summed E-state index contributed by atoms with van der Waals surface area (Å²) in [6.45, 7) is 3.35. The van der Waals surface area contributed by atoms with Gasteiger partial charge >= 0.3 is 0 Å². The van der Waals surface area contributed by atoms with E-state index in [9.17, 15) is 0 Å². The maximum absolute atomic E-state index is 5.94. The van der Waals surface area contributed by atoms with Crippen molar-refractivity contribution in [3.63, 3.8) is 0 Å². The Hall–Kier alpha value is -0.590. The van der Waals surface area contributed by atoms with Crippen molar-refractivity contribution in [2.45, 2.75) is 50.2 Å². The van der Waals surface area contributed by atoms with Crippen LogP contribution >= 0.6 is 11.8 Å². The molecule has 2 aliphatic carbocycles. The standard InChI is InChI=1S/C14H23N5S/c15-11-7-10(8-11)14-17-16-13(19(14)12-1-2-12)9-18-3-5-20-6-4-18/h10-12H,1-9,15H2. The van der Waals surface area contributed by atoms with Crippen molar-refractivity contribution in [3.05, 3.63) is 11.6 Å². The molecule has 0 amide bonds. The monoisotopic (exact) mass is 293 g/mol. The average molecular weight is 293 g/mol. The Morgan fingerprint density at radius 3 is 2.55 bits per heavy atom. The average Bonchev–Trinajstić information content (AvgIpc) is 3.19. The lowest BCUT2D eigenvalue weighted by Crippen LogP contribution is -2.36. The Balaban J connectivity index is 1.53. The Bertz CT molecular complexity index is 472. The molecule has 2 N–H and O–H groups in total. The fraction of sp³-hybridized carbons (Fsp3) is 0.857. The molecule has 0 spiro atoms. The van der Waals surface area contributed by atoms with Gasteiger partial charge in [0.05, 0.1) is 6.54 Å². The number of thioether (sulfide) groups is 1. The highest BCUT2D eigenvalue weighted by Crippen LogP contribution is 2.42. The third-order valence-electron chi connectivity index (χ3n) is 4.71. The molecule has 3 fully saturated rings. The Kier molecular flexibility index (Phi) is 3.48. The van der Waals surface area contributed by atoms with Crippen molar-refractivity contribution < 1.29 is 0 Å². The molecule has 0 aromatic carbocycles. The lowest BCUT2D eigenvalue weighted by Gasteiger charge is -2.32. The van der Waals surface area contributed by atoms with E-state index in [4.69, 9.17) is 5.73 Å². The first-order chi connectivity index (χ1) is 9.81. The normalized spacial score (nSPS) is 31.2. The molecule has 110 valence electrons. The number of rotatable bonds is 4. The first kappa shape index (κ1) is 13.1. The molecular formula is C14H23N5S. The summed E-state index contributed by atoms with van der Waals surface area (Å²) >= 11 is 2.06. The van der Waals surface area contributed by atoms with E-state index in [2.05, 4.69) is 31.4 Å². The molecule has 0 radical (unpaired) electrons. The highest BCUT2D eigenvalue weighted by atomic mass is 32.2. The van der Waals surface area contributed by atoms with Gasteiger partial charge in [0.2, 0.25) is 0 Å². The molecular weight excluding hydrogens is 270 g/mol. The summed E-state index contributed by atoms with van der Waals surface area (Å²) in [7, 11) is 0. The molecule has 2 heterocycles. The Labute approximate surface area is 124 Å². The molecule has 1 saturated heterocycles. The van der Waals surface area contributed by atoms with E-state index in [-0.39, 0.29) is 0 Å². The summed E-state index contributed by atoms with van der Waals surface area (Å²) in [6, 6.07) is 1.05. The second-order valence-corrected chi connectivity index (χ2v) is 7.62. The summed E-state index contributed by atoms with van der Waals surface area (Å²) in [5.41, 5.74) is 5.94. The number of nitrogens with zero attached hydrogens (tertiary/aromatic N) is 4. The van der Waals surface area contributed by atoms with Crippen LogP contribution in [-0.4, -0.2) is 50.3 Å². The summed E-state index contributed by atoms with van der Waals surface area (Å²) in [5, 5.41) is 9.05. The van der Waals surface area contributed by atoms with E-state index in [1.807, 2.05) is 0 Å². The topological polar surface area (TPSA) is 60.0 Å². The molecule has 0 unspecified atom stereocenters. The van der Waals surface area contributed by atoms with E-state index in [1.165, 1.54) is 49.1 Å². The number of aromatic nitrogens is 3. The van der Waals surface area contributed by atoms with E-state index in [0.29, 0.717) is 18.0 Å². The zero-order valence-corrected chi connectivity index (χ0v) is 12.7. The van der Waals surface area contributed by atoms with Crippen molar-refractivity contribution >= 4 is 11.8 Å². The molecule has 4 rings (SSSR count). The van der Waals surface area contributed by atoms with Gasteiger partial charge in [0.25, 0.3) is 0 Å². The second-order valence-electron chi connectivity index (χ2n) is 6.39. The molecule has 1 aromatic rings. The van der Waals surface area contributed by atoms with Crippen LogP contribution in [0.4, 0.5) is 0 Å². The molecule has 1 aliphatic heterocycles. The predicted molar refractivity (Wildman–Crippen MR) is 80.8 cm³/mol. The molecule has 5 nitrogen and oxygen atoms in total.